The molecular formula is C21H32N2O2. The lowest BCUT2D eigenvalue weighted by Gasteiger charge is -2.33. The Labute approximate surface area is 152 Å². The first-order valence-corrected chi connectivity index (χ1v) is 9.78. The Balaban J connectivity index is 1.45. The molecule has 0 unspecified atom stereocenters. The highest BCUT2D eigenvalue weighted by molar-refractivity contribution is 5.78. The Morgan fingerprint density at radius 3 is 2.24 bits per heavy atom. The van der Waals surface area contributed by atoms with Crippen molar-refractivity contribution in [1.29, 1.82) is 0 Å². The fourth-order valence-corrected chi connectivity index (χ4v) is 3.85. The minimum absolute atomic E-state index is 0.121. The third kappa shape index (κ3) is 5.29. The standard InChI is InChI=1S/C21H32N2O2/c1-17(2)21(24)23-9-7-19(8-10-23)15-18-3-5-20(6-4-18)16-22-11-13-25-14-12-22/h3-6,17,19H,7-16H2,1-2H3. The summed E-state index contributed by atoms with van der Waals surface area (Å²) in [6.45, 7) is 10.7. The van der Waals surface area contributed by atoms with Gasteiger partial charge < -0.3 is 9.64 Å². The highest BCUT2D eigenvalue weighted by Gasteiger charge is 2.24. The van der Waals surface area contributed by atoms with Gasteiger partial charge in [-0.05, 0) is 36.3 Å². The third-order valence-corrected chi connectivity index (χ3v) is 5.48. The highest BCUT2D eigenvalue weighted by atomic mass is 16.5. The van der Waals surface area contributed by atoms with Crippen LogP contribution in [0.25, 0.3) is 0 Å². The molecule has 138 valence electrons. The zero-order valence-electron chi connectivity index (χ0n) is 15.7. The molecule has 2 fully saturated rings. The molecule has 0 atom stereocenters. The molecule has 1 aromatic rings. The van der Waals surface area contributed by atoms with Crippen molar-refractivity contribution in [2.24, 2.45) is 11.8 Å². The second-order valence-electron chi connectivity index (χ2n) is 7.83. The van der Waals surface area contributed by atoms with Gasteiger partial charge in [-0.3, -0.25) is 9.69 Å². The third-order valence-electron chi connectivity index (χ3n) is 5.48. The summed E-state index contributed by atoms with van der Waals surface area (Å²) in [5.41, 5.74) is 2.82. The smallest absolute Gasteiger partial charge is 0.225 e. The van der Waals surface area contributed by atoms with Gasteiger partial charge in [-0.25, -0.2) is 0 Å². The predicted octanol–water partition coefficient (Wildman–Crippen LogP) is 2.96. The monoisotopic (exact) mass is 344 g/mol. The van der Waals surface area contributed by atoms with Crippen molar-refractivity contribution in [2.45, 2.75) is 39.7 Å². The highest BCUT2D eigenvalue weighted by Crippen LogP contribution is 2.23. The van der Waals surface area contributed by atoms with Crippen LogP contribution in [-0.2, 0) is 22.5 Å². The summed E-state index contributed by atoms with van der Waals surface area (Å²) in [5.74, 6) is 1.14. The molecule has 25 heavy (non-hydrogen) atoms. The number of piperidine rings is 1. The number of benzene rings is 1. The van der Waals surface area contributed by atoms with Crippen molar-refractivity contribution >= 4 is 5.91 Å². The number of carbonyl (C=O) groups is 1. The van der Waals surface area contributed by atoms with Crippen molar-refractivity contribution in [3.63, 3.8) is 0 Å². The number of carbonyl (C=O) groups excluding carboxylic acids is 1. The van der Waals surface area contributed by atoms with Gasteiger partial charge in [0.2, 0.25) is 5.91 Å². The van der Waals surface area contributed by atoms with Crippen LogP contribution >= 0.6 is 0 Å². The van der Waals surface area contributed by atoms with Gasteiger partial charge in [-0.15, -0.1) is 0 Å². The second kappa shape index (κ2) is 8.81. The van der Waals surface area contributed by atoms with Crippen LogP contribution in [0.5, 0.6) is 0 Å². The molecule has 2 aliphatic rings. The largest absolute Gasteiger partial charge is 0.379 e. The van der Waals surface area contributed by atoms with E-state index in [0.717, 1.165) is 65.2 Å². The summed E-state index contributed by atoms with van der Waals surface area (Å²) >= 11 is 0. The molecule has 0 saturated carbocycles. The second-order valence-corrected chi connectivity index (χ2v) is 7.83. The normalized spacial score (nSPS) is 20.2. The number of amides is 1. The van der Waals surface area contributed by atoms with Crippen LogP contribution in [0.1, 0.15) is 37.8 Å². The molecule has 0 radical (unpaired) electrons. The van der Waals surface area contributed by atoms with Gasteiger partial charge in [-0.2, -0.15) is 0 Å². The summed E-state index contributed by atoms with van der Waals surface area (Å²) in [6, 6.07) is 9.15. The van der Waals surface area contributed by atoms with E-state index in [0.29, 0.717) is 11.8 Å². The molecule has 0 aromatic heterocycles. The average Bonchev–Trinajstić information content (AvgIpc) is 2.64. The van der Waals surface area contributed by atoms with Crippen molar-refractivity contribution < 1.29 is 9.53 Å². The number of nitrogens with zero attached hydrogens (tertiary/aromatic N) is 2. The number of ether oxygens (including phenoxy) is 1. The Hall–Kier alpha value is -1.39. The number of morpholine rings is 1. The van der Waals surface area contributed by atoms with Gasteiger partial charge in [0.1, 0.15) is 0 Å². The molecule has 1 aromatic carbocycles. The predicted molar refractivity (Wildman–Crippen MR) is 100 cm³/mol. The van der Waals surface area contributed by atoms with Crippen LogP contribution in [0.2, 0.25) is 0 Å². The molecule has 2 aliphatic heterocycles. The van der Waals surface area contributed by atoms with Gasteiger partial charge in [0, 0.05) is 38.6 Å². The van der Waals surface area contributed by atoms with E-state index in [-0.39, 0.29) is 5.92 Å². The maximum absolute atomic E-state index is 12.1. The number of hydrogen-bond donors (Lipinski definition) is 0. The van der Waals surface area contributed by atoms with E-state index < -0.39 is 0 Å². The molecule has 2 saturated heterocycles. The topological polar surface area (TPSA) is 32.8 Å². The van der Waals surface area contributed by atoms with E-state index in [1.165, 1.54) is 11.1 Å². The molecule has 1 amide bonds. The van der Waals surface area contributed by atoms with E-state index in [1.54, 1.807) is 0 Å². The van der Waals surface area contributed by atoms with Gasteiger partial charge in [0.15, 0.2) is 0 Å². The lowest BCUT2D eigenvalue weighted by molar-refractivity contribution is -0.135. The van der Waals surface area contributed by atoms with Gasteiger partial charge in [0.05, 0.1) is 13.2 Å². The average molecular weight is 344 g/mol. The van der Waals surface area contributed by atoms with E-state index in [2.05, 4.69) is 29.2 Å². The van der Waals surface area contributed by atoms with Crippen molar-refractivity contribution in [1.82, 2.24) is 9.80 Å². The Kier molecular flexibility index (Phi) is 6.49. The lowest BCUT2D eigenvalue weighted by atomic mass is 9.89. The number of rotatable bonds is 5. The van der Waals surface area contributed by atoms with E-state index in [4.69, 9.17) is 4.74 Å². The van der Waals surface area contributed by atoms with Crippen LogP contribution in [0, 0.1) is 11.8 Å². The minimum atomic E-state index is 0.121. The fourth-order valence-electron chi connectivity index (χ4n) is 3.85. The van der Waals surface area contributed by atoms with Crippen LogP contribution in [0.3, 0.4) is 0 Å². The number of likely N-dealkylation sites (tertiary alicyclic amines) is 1. The maximum Gasteiger partial charge on any atom is 0.225 e. The molecule has 4 heteroatoms. The molecule has 0 bridgehead atoms. The molecule has 4 nitrogen and oxygen atoms in total. The van der Waals surface area contributed by atoms with E-state index in [1.807, 2.05) is 18.7 Å². The van der Waals surface area contributed by atoms with E-state index >= 15 is 0 Å². The quantitative estimate of drug-likeness (QED) is 0.823. The SMILES string of the molecule is CC(C)C(=O)N1CCC(Cc2ccc(CN3CCOCC3)cc2)CC1. The van der Waals surface area contributed by atoms with E-state index in [9.17, 15) is 4.79 Å². The molecule has 2 heterocycles. The van der Waals surface area contributed by atoms with Gasteiger partial charge >= 0.3 is 0 Å². The summed E-state index contributed by atoms with van der Waals surface area (Å²) in [7, 11) is 0. The Morgan fingerprint density at radius 1 is 1.04 bits per heavy atom. The van der Waals surface area contributed by atoms with Gasteiger partial charge in [0.25, 0.3) is 0 Å². The van der Waals surface area contributed by atoms with Crippen molar-refractivity contribution in [3.05, 3.63) is 35.4 Å². The molecular weight excluding hydrogens is 312 g/mol. The van der Waals surface area contributed by atoms with Crippen molar-refractivity contribution in [3.8, 4) is 0 Å². The van der Waals surface area contributed by atoms with Crippen LogP contribution in [0.4, 0.5) is 0 Å². The van der Waals surface area contributed by atoms with Crippen LogP contribution in [-0.4, -0.2) is 55.1 Å². The zero-order valence-corrected chi connectivity index (χ0v) is 15.7. The fraction of sp³-hybridized carbons (Fsp3) is 0.667. The summed E-state index contributed by atoms with van der Waals surface area (Å²) < 4.78 is 5.41. The maximum atomic E-state index is 12.1. The number of hydrogen-bond acceptors (Lipinski definition) is 3. The molecule has 0 aliphatic carbocycles. The first-order chi connectivity index (χ1) is 12.1. The molecule has 0 N–H and O–H groups in total. The van der Waals surface area contributed by atoms with Crippen molar-refractivity contribution in [2.75, 3.05) is 39.4 Å². The van der Waals surface area contributed by atoms with Gasteiger partial charge in [-0.1, -0.05) is 38.1 Å². The van der Waals surface area contributed by atoms with Crippen LogP contribution < -0.4 is 0 Å². The minimum Gasteiger partial charge on any atom is -0.379 e. The van der Waals surface area contributed by atoms with Crippen LogP contribution in [0.15, 0.2) is 24.3 Å². The first-order valence-electron chi connectivity index (χ1n) is 9.78. The summed E-state index contributed by atoms with van der Waals surface area (Å²) in [4.78, 5) is 16.6. The first kappa shape index (κ1) is 18.4. The lowest BCUT2D eigenvalue weighted by Crippen LogP contribution is -2.40. The zero-order chi connectivity index (χ0) is 17.6. The Morgan fingerprint density at radius 2 is 1.64 bits per heavy atom. The molecule has 3 rings (SSSR count). The molecule has 0 spiro atoms. The summed E-state index contributed by atoms with van der Waals surface area (Å²) in [6.07, 6.45) is 3.41. The summed E-state index contributed by atoms with van der Waals surface area (Å²) in [5, 5.41) is 0. The Bertz CT molecular complexity index is 542.